The largest absolute Gasteiger partial charge is 0.332 e. The summed E-state index contributed by atoms with van der Waals surface area (Å²) in [5.41, 5.74) is 9.97. The maximum absolute atomic E-state index is 14.4. The summed E-state index contributed by atoms with van der Waals surface area (Å²) in [6.45, 7) is -2.09. The number of aryl methyl sites for hydroxylation is 1. The third kappa shape index (κ3) is 6.95. The fraction of sp³-hybridized carbons (Fsp3) is 0.0222. The second kappa shape index (κ2) is 15.2. The first-order chi connectivity index (χ1) is 25.8. The van der Waals surface area contributed by atoms with E-state index in [1.54, 1.807) is 24.3 Å². The molecule has 6 aromatic carbocycles. The first-order valence-corrected chi connectivity index (χ1v) is 16.9. The summed E-state index contributed by atoms with van der Waals surface area (Å²) in [7, 11) is 0. The molecule has 0 aliphatic rings. The van der Waals surface area contributed by atoms with Crippen molar-refractivity contribution in [2.24, 2.45) is 0 Å². The van der Waals surface area contributed by atoms with E-state index in [0.717, 1.165) is 71.7 Å². The molecule has 9 rings (SSSR count). The van der Waals surface area contributed by atoms with Crippen molar-refractivity contribution in [1.29, 1.82) is 0 Å². The number of nitrogens with zero attached hydrogens (tertiary/aromatic N) is 3. The Morgan fingerprint density at radius 1 is 0.725 bits per heavy atom. The summed E-state index contributed by atoms with van der Waals surface area (Å²) in [6, 6.07) is 54.1. The van der Waals surface area contributed by atoms with Gasteiger partial charge in [0.1, 0.15) is 5.82 Å². The molecule has 0 saturated heterocycles. The molecule has 0 bridgehead atoms. The molecule has 0 aliphatic heterocycles. The molecule has 0 N–H and O–H groups in total. The van der Waals surface area contributed by atoms with E-state index < -0.39 is 6.85 Å². The number of para-hydroxylation sites is 3. The summed E-state index contributed by atoms with van der Waals surface area (Å²) in [5, 5.41) is 4.26. The number of benzene rings is 6. The van der Waals surface area contributed by atoms with E-state index in [1.807, 2.05) is 54.6 Å². The minimum atomic E-state index is -2.09. The van der Waals surface area contributed by atoms with Crippen LogP contribution in [0.1, 0.15) is 9.68 Å². The molecule has 0 saturated carbocycles. The number of thiophene rings is 1. The molecule has 51 heavy (non-hydrogen) atoms. The van der Waals surface area contributed by atoms with Gasteiger partial charge in [-0.2, -0.15) is 0 Å². The van der Waals surface area contributed by atoms with Crippen LogP contribution in [0.2, 0.25) is 0 Å². The normalized spacial score (nSPS) is 11.9. The third-order valence-electron chi connectivity index (χ3n) is 8.44. The van der Waals surface area contributed by atoms with Gasteiger partial charge in [-0.15, -0.1) is 41.3 Å². The van der Waals surface area contributed by atoms with E-state index in [9.17, 15) is 4.39 Å². The summed E-state index contributed by atoms with van der Waals surface area (Å²) in [6.07, 6.45) is 1.39. The summed E-state index contributed by atoms with van der Waals surface area (Å²) >= 11 is 1.49. The van der Waals surface area contributed by atoms with Crippen molar-refractivity contribution in [2.45, 2.75) is 6.85 Å². The molecule has 6 heteroatoms. The van der Waals surface area contributed by atoms with Crippen LogP contribution < -0.4 is 0 Å². The molecular formula is C45H30FIrN3S-2. The summed E-state index contributed by atoms with van der Waals surface area (Å²) in [4.78, 5) is 9.22. The number of fused-ring (bicyclic) bond motifs is 2. The van der Waals surface area contributed by atoms with Crippen molar-refractivity contribution in [3.05, 3.63) is 187 Å². The van der Waals surface area contributed by atoms with E-state index in [1.165, 1.54) is 23.6 Å². The molecule has 0 amide bonds. The van der Waals surface area contributed by atoms with Gasteiger partial charge in [0.25, 0.3) is 0 Å². The van der Waals surface area contributed by atoms with Gasteiger partial charge in [0.2, 0.25) is 0 Å². The number of hydrogen-bond acceptors (Lipinski definition) is 3. The number of halogens is 1. The van der Waals surface area contributed by atoms with Crippen molar-refractivity contribution in [3.8, 4) is 50.6 Å². The van der Waals surface area contributed by atoms with Crippen LogP contribution >= 0.6 is 11.3 Å². The monoisotopic (exact) mass is 859 g/mol. The Kier molecular flexibility index (Phi) is 9.01. The Bertz CT molecular complexity index is 2600. The fourth-order valence-corrected chi connectivity index (χ4v) is 6.95. The minimum absolute atomic E-state index is 0. The Hall–Kier alpha value is -5.52. The van der Waals surface area contributed by atoms with Gasteiger partial charge in [0.15, 0.2) is 0 Å². The Labute approximate surface area is 318 Å². The molecule has 0 fully saturated rings. The van der Waals surface area contributed by atoms with Crippen molar-refractivity contribution in [1.82, 2.24) is 14.5 Å². The fourth-order valence-electron chi connectivity index (χ4n) is 6.13. The van der Waals surface area contributed by atoms with E-state index >= 15 is 0 Å². The average molecular weight is 859 g/mol. The molecule has 3 aromatic heterocycles. The smallest absolute Gasteiger partial charge is 0.113 e. The van der Waals surface area contributed by atoms with Gasteiger partial charge < -0.3 is 9.55 Å². The standard InChI is InChI=1S/C33H20FN2S.C12H10N.Ir/c34-24-18-19-31-27(20-24)28(21-37-31)33-35-29-16-7-8-17-30(29)36(33)32-25(22-10-3-1-4-11-22)14-9-15-26(32)23-12-5-2-6-13-23;1-10-7-8-12(13-9-10)11-5-3-2-4-6-11;/h1-20H;2-5,7-9H,1H3;/q2*-1;/i;1D3;. The van der Waals surface area contributed by atoms with Crippen LogP contribution in [0.5, 0.6) is 0 Å². The minimum Gasteiger partial charge on any atom is -0.332 e. The summed E-state index contributed by atoms with van der Waals surface area (Å²) in [5.74, 6) is 0.483. The topological polar surface area (TPSA) is 30.7 Å². The first-order valence-electron chi connectivity index (χ1n) is 17.6. The van der Waals surface area contributed by atoms with Gasteiger partial charge in [-0.05, 0) is 47.4 Å². The van der Waals surface area contributed by atoms with E-state index in [4.69, 9.17) is 9.10 Å². The quantitative estimate of drug-likeness (QED) is 0.161. The van der Waals surface area contributed by atoms with Crippen LogP contribution in [0.3, 0.4) is 0 Å². The number of imidazole rings is 1. The predicted octanol–water partition coefficient (Wildman–Crippen LogP) is 12.0. The SMILES string of the molecule is Fc1ccc2s[c-]c(-c3nc4ccccc4n3-c3c(-c4ccccc4)cccc3-c3ccccc3)c2c1.[2H]C([2H])([2H])c1ccc(-c2[c-]cccc2)nc1.[Ir]. The van der Waals surface area contributed by atoms with Gasteiger partial charge in [0.05, 0.1) is 22.5 Å². The third-order valence-corrected chi connectivity index (χ3v) is 9.32. The molecule has 0 aliphatic carbocycles. The van der Waals surface area contributed by atoms with Crippen LogP contribution in [-0.2, 0) is 20.1 Å². The molecule has 3 nitrogen and oxygen atoms in total. The van der Waals surface area contributed by atoms with Crippen LogP contribution in [-0.4, -0.2) is 14.5 Å². The van der Waals surface area contributed by atoms with Gasteiger partial charge in [-0.25, -0.2) is 4.39 Å². The van der Waals surface area contributed by atoms with E-state index in [-0.39, 0.29) is 31.5 Å². The van der Waals surface area contributed by atoms with Crippen LogP contribution in [0.15, 0.2) is 164 Å². The molecule has 249 valence electrons. The Morgan fingerprint density at radius 3 is 2.10 bits per heavy atom. The molecular weight excluding hydrogens is 826 g/mol. The van der Waals surface area contributed by atoms with Crippen LogP contribution in [0.25, 0.3) is 71.7 Å². The predicted molar refractivity (Wildman–Crippen MR) is 205 cm³/mol. The molecule has 3 heterocycles. The summed E-state index contributed by atoms with van der Waals surface area (Å²) < 4.78 is 39.3. The van der Waals surface area contributed by atoms with Crippen molar-refractivity contribution in [3.63, 3.8) is 0 Å². The van der Waals surface area contributed by atoms with Crippen LogP contribution in [0, 0.1) is 24.1 Å². The Balaban J connectivity index is 0.000000223. The van der Waals surface area contributed by atoms with Gasteiger partial charge >= 0.3 is 0 Å². The van der Waals surface area contributed by atoms with E-state index in [0.29, 0.717) is 0 Å². The second-order valence-electron chi connectivity index (χ2n) is 11.6. The number of hydrogen-bond donors (Lipinski definition) is 0. The number of rotatable bonds is 5. The zero-order valence-electron chi connectivity index (χ0n) is 30.0. The van der Waals surface area contributed by atoms with Crippen molar-refractivity contribution < 1.29 is 28.6 Å². The van der Waals surface area contributed by atoms with Gasteiger partial charge in [-0.3, -0.25) is 16.3 Å². The maximum Gasteiger partial charge on any atom is 0.113 e. The average Bonchev–Trinajstić information content (AvgIpc) is 3.79. The Morgan fingerprint density at radius 2 is 1.43 bits per heavy atom. The van der Waals surface area contributed by atoms with Crippen molar-refractivity contribution >= 4 is 32.5 Å². The van der Waals surface area contributed by atoms with Crippen molar-refractivity contribution in [2.75, 3.05) is 0 Å². The van der Waals surface area contributed by atoms with Gasteiger partial charge in [-0.1, -0.05) is 131 Å². The maximum atomic E-state index is 14.4. The molecule has 0 atom stereocenters. The molecule has 0 unspecified atom stereocenters. The second-order valence-corrected chi connectivity index (χ2v) is 12.5. The number of aromatic nitrogens is 3. The first kappa shape index (κ1) is 30.3. The zero-order chi connectivity index (χ0) is 36.4. The molecule has 1 radical (unpaired) electrons. The van der Waals surface area contributed by atoms with Crippen LogP contribution in [0.4, 0.5) is 4.39 Å². The molecule has 0 spiro atoms. The number of pyridine rings is 1. The van der Waals surface area contributed by atoms with Gasteiger partial charge in [0, 0.05) is 41.5 Å². The zero-order valence-corrected chi connectivity index (χ0v) is 30.3. The molecule has 9 aromatic rings. The van der Waals surface area contributed by atoms with E-state index in [2.05, 4.69) is 93.8 Å².